The third-order valence-corrected chi connectivity index (χ3v) is 4.64. The molecule has 0 fully saturated rings. The van der Waals surface area contributed by atoms with Crippen LogP contribution in [0.3, 0.4) is 0 Å². The van der Waals surface area contributed by atoms with Crippen LogP contribution < -0.4 is 5.14 Å². The minimum absolute atomic E-state index is 0.0442. The first-order valence-electron chi connectivity index (χ1n) is 6.44. The van der Waals surface area contributed by atoms with E-state index in [4.69, 9.17) is 10.2 Å². The Balaban J connectivity index is 2.35. The second-order valence-corrected chi connectivity index (χ2v) is 7.10. The van der Waals surface area contributed by atoms with E-state index in [0.29, 0.717) is 5.01 Å². The second kappa shape index (κ2) is 7.13. The van der Waals surface area contributed by atoms with Gasteiger partial charge in [-0.05, 0) is 18.2 Å². The van der Waals surface area contributed by atoms with Crippen LogP contribution in [0.25, 0.3) is 0 Å². The van der Waals surface area contributed by atoms with Crippen molar-refractivity contribution in [3.8, 4) is 0 Å². The predicted octanol–water partition coefficient (Wildman–Crippen LogP) is 0.564. The molecule has 1 aromatic heterocycles. The van der Waals surface area contributed by atoms with Crippen molar-refractivity contribution in [3.63, 3.8) is 0 Å². The molecule has 2 rings (SSSR count). The number of nitrogens with two attached hydrogens (primary N) is 1. The van der Waals surface area contributed by atoms with Crippen molar-refractivity contribution >= 4 is 27.3 Å². The number of nitrogens with zero attached hydrogens (tertiary/aromatic N) is 2. The largest absolute Gasteiger partial charge is 0.395 e. The van der Waals surface area contributed by atoms with Crippen molar-refractivity contribution in [1.82, 2.24) is 9.88 Å². The highest BCUT2D eigenvalue weighted by molar-refractivity contribution is 7.89. The molecule has 0 saturated heterocycles. The van der Waals surface area contributed by atoms with Gasteiger partial charge in [0.2, 0.25) is 10.0 Å². The molecule has 23 heavy (non-hydrogen) atoms. The van der Waals surface area contributed by atoms with Gasteiger partial charge in [0, 0.05) is 18.1 Å². The maximum absolute atomic E-state index is 13.9. The lowest BCUT2D eigenvalue weighted by Crippen LogP contribution is -2.33. The van der Waals surface area contributed by atoms with Gasteiger partial charge in [-0.1, -0.05) is 0 Å². The Morgan fingerprint density at radius 1 is 1.43 bits per heavy atom. The Hall–Kier alpha value is -1.88. The van der Waals surface area contributed by atoms with Crippen molar-refractivity contribution in [2.45, 2.75) is 11.4 Å². The van der Waals surface area contributed by atoms with Gasteiger partial charge in [0.15, 0.2) is 0 Å². The predicted molar refractivity (Wildman–Crippen MR) is 81.7 cm³/mol. The van der Waals surface area contributed by atoms with Crippen molar-refractivity contribution in [3.05, 3.63) is 46.2 Å². The Morgan fingerprint density at radius 2 is 2.17 bits per heavy atom. The number of hydrogen-bond acceptors (Lipinski definition) is 6. The molecule has 7 nitrogen and oxygen atoms in total. The number of sulfonamides is 1. The summed E-state index contributed by atoms with van der Waals surface area (Å²) in [5.41, 5.74) is -0.429. The summed E-state index contributed by atoms with van der Waals surface area (Å²) in [5, 5.41) is 16.4. The molecule has 1 amide bonds. The number of halogens is 1. The van der Waals surface area contributed by atoms with Gasteiger partial charge in [-0.25, -0.2) is 22.9 Å². The highest BCUT2D eigenvalue weighted by Crippen LogP contribution is 2.18. The molecule has 3 N–H and O–H groups in total. The summed E-state index contributed by atoms with van der Waals surface area (Å²) < 4.78 is 36.6. The van der Waals surface area contributed by atoms with Crippen LogP contribution in [0.15, 0.2) is 34.7 Å². The summed E-state index contributed by atoms with van der Waals surface area (Å²) in [4.78, 5) is 17.3. The van der Waals surface area contributed by atoms with E-state index < -0.39 is 27.3 Å². The standard InChI is InChI=1S/C13H14FN3O4S2/c14-11-2-1-9(23(15,20)21)7-10(11)13(19)17(4-5-18)8-12-16-3-6-22-12/h1-3,6-7,18H,4-5,8H2,(H2,15,20,21). The zero-order valence-corrected chi connectivity index (χ0v) is 13.5. The van der Waals surface area contributed by atoms with Gasteiger partial charge in [0.05, 0.1) is 23.6 Å². The van der Waals surface area contributed by atoms with E-state index in [-0.39, 0.29) is 24.6 Å². The molecule has 0 spiro atoms. The van der Waals surface area contributed by atoms with Crippen LogP contribution in [0.2, 0.25) is 0 Å². The first-order valence-corrected chi connectivity index (χ1v) is 8.86. The molecule has 2 aromatic rings. The van der Waals surface area contributed by atoms with Crippen LogP contribution >= 0.6 is 11.3 Å². The average Bonchev–Trinajstić information content (AvgIpc) is 2.98. The minimum Gasteiger partial charge on any atom is -0.395 e. The molecule has 0 aliphatic heterocycles. The van der Waals surface area contributed by atoms with Gasteiger partial charge in [-0.15, -0.1) is 11.3 Å². The van der Waals surface area contributed by atoms with Gasteiger partial charge in [-0.2, -0.15) is 0 Å². The Bertz CT molecular complexity index is 794. The number of aliphatic hydroxyl groups excluding tert-OH is 1. The van der Waals surface area contributed by atoms with Crippen LogP contribution in [-0.2, 0) is 16.6 Å². The summed E-state index contributed by atoms with van der Waals surface area (Å²) in [6.45, 7) is -0.291. The molecule has 0 aliphatic carbocycles. The number of carbonyl (C=O) groups is 1. The van der Waals surface area contributed by atoms with E-state index in [9.17, 15) is 17.6 Å². The van der Waals surface area contributed by atoms with Crippen LogP contribution in [0.4, 0.5) is 4.39 Å². The van der Waals surface area contributed by atoms with E-state index in [0.717, 1.165) is 18.2 Å². The van der Waals surface area contributed by atoms with Crippen molar-refractivity contribution < 1.29 is 22.7 Å². The normalized spacial score (nSPS) is 11.4. The van der Waals surface area contributed by atoms with E-state index in [1.165, 1.54) is 16.2 Å². The Kier molecular flexibility index (Phi) is 5.42. The lowest BCUT2D eigenvalue weighted by Gasteiger charge is -2.21. The molecular formula is C13H14FN3O4S2. The van der Waals surface area contributed by atoms with Gasteiger partial charge in [-0.3, -0.25) is 4.79 Å². The molecule has 0 atom stereocenters. The molecule has 0 bridgehead atoms. The van der Waals surface area contributed by atoms with Crippen LogP contribution in [0.1, 0.15) is 15.4 Å². The first kappa shape index (κ1) is 17.5. The smallest absolute Gasteiger partial charge is 0.257 e. The quantitative estimate of drug-likeness (QED) is 0.782. The summed E-state index contributed by atoms with van der Waals surface area (Å²) in [6, 6.07) is 2.74. The van der Waals surface area contributed by atoms with E-state index in [2.05, 4.69) is 4.98 Å². The van der Waals surface area contributed by atoms with Crippen LogP contribution in [-0.4, -0.2) is 42.5 Å². The van der Waals surface area contributed by atoms with Gasteiger partial charge >= 0.3 is 0 Å². The number of rotatable bonds is 6. The Labute approximate surface area is 136 Å². The lowest BCUT2D eigenvalue weighted by atomic mass is 10.2. The van der Waals surface area contributed by atoms with Crippen molar-refractivity contribution in [2.24, 2.45) is 5.14 Å². The monoisotopic (exact) mass is 359 g/mol. The van der Waals surface area contributed by atoms with E-state index in [1.807, 2.05) is 0 Å². The van der Waals surface area contributed by atoms with Crippen LogP contribution in [0.5, 0.6) is 0 Å². The fourth-order valence-corrected chi connectivity index (χ4v) is 3.05. The molecular weight excluding hydrogens is 345 g/mol. The second-order valence-electron chi connectivity index (χ2n) is 4.56. The fourth-order valence-electron chi connectivity index (χ4n) is 1.88. The number of primary sulfonamides is 1. The lowest BCUT2D eigenvalue weighted by molar-refractivity contribution is 0.0702. The third-order valence-electron chi connectivity index (χ3n) is 2.96. The van der Waals surface area contributed by atoms with Crippen molar-refractivity contribution in [2.75, 3.05) is 13.2 Å². The molecule has 1 aromatic carbocycles. The summed E-state index contributed by atoms with van der Waals surface area (Å²) in [6.07, 6.45) is 1.56. The number of amides is 1. The number of hydrogen-bond donors (Lipinski definition) is 2. The van der Waals surface area contributed by atoms with E-state index in [1.54, 1.807) is 11.6 Å². The molecule has 1 heterocycles. The highest BCUT2D eigenvalue weighted by atomic mass is 32.2. The third kappa shape index (κ3) is 4.32. The summed E-state index contributed by atoms with van der Waals surface area (Å²) in [5.74, 6) is -1.62. The zero-order valence-electron chi connectivity index (χ0n) is 11.8. The van der Waals surface area contributed by atoms with Crippen molar-refractivity contribution in [1.29, 1.82) is 0 Å². The van der Waals surface area contributed by atoms with Gasteiger partial charge < -0.3 is 10.0 Å². The fraction of sp³-hybridized carbons (Fsp3) is 0.231. The molecule has 0 aliphatic rings. The topological polar surface area (TPSA) is 114 Å². The summed E-state index contributed by atoms with van der Waals surface area (Å²) in [7, 11) is -4.06. The zero-order chi connectivity index (χ0) is 17.0. The first-order chi connectivity index (χ1) is 10.8. The molecule has 124 valence electrons. The number of carbonyl (C=O) groups excluding carboxylic acids is 1. The maximum Gasteiger partial charge on any atom is 0.257 e. The highest BCUT2D eigenvalue weighted by Gasteiger charge is 2.22. The number of aromatic nitrogens is 1. The Morgan fingerprint density at radius 3 is 2.74 bits per heavy atom. The van der Waals surface area contributed by atoms with Gasteiger partial charge in [0.1, 0.15) is 10.8 Å². The average molecular weight is 359 g/mol. The van der Waals surface area contributed by atoms with E-state index >= 15 is 0 Å². The number of benzene rings is 1. The minimum atomic E-state index is -4.06. The maximum atomic E-state index is 13.9. The summed E-state index contributed by atoms with van der Waals surface area (Å²) >= 11 is 1.31. The van der Waals surface area contributed by atoms with Gasteiger partial charge in [0.25, 0.3) is 5.91 Å². The number of thiazole rings is 1. The van der Waals surface area contributed by atoms with Crippen LogP contribution in [0, 0.1) is 5.82 Å². The molecule has 0 unspecified atom stereocenters. The SMILES string of the molecule is NS(=O)(=O)c1ccc(F)c(C(=O)N(CCO)Cc2nccs2)c1. The molecule has 0 saturated carbocycles. The molecule has 10 heteroatoms. The number of aliphatic hydroxyl groups is 1. The molecule has 0 radical (unpaired) electrons.